The van der Waals surface area contributed by atoms with E-state index < -0.39 is 5.63 Å². The van der Waals surface area contributed by atoms with Crippen molar-refractivity contribution in [3.8, 4) is 16.9 Å². The zero-order valence-electron chi connectivity index (χ0n) is 22.0. The SMILES string of the molecule is O=c1oc2ccccc2cc1-c1nn(-c2ccccc2)cc1C=C(c1nc2ccccc2s1)c1nc2ccccc2s1. The van der Waals surface area contributed by atoms with Crippen molar-refractivity contribution in [3.05, 3.63) is 141 Å². The molecule has 0 aliphatic carbocycles. The van der Waals surface area contributed by atoms with Crippen molar-refractivity contribution in [2.75, 3.05) is 0 Å². The molecule has 0 unspecified atom stereocenters. The van der Waals surface area contributed by atoms with Crippen molar-refractivity contribution >= 4 is 65.7 Å². The van der Waals surface area contributed by atoms with E-state index in [9.17, 15) is 4.79 Å². The Morgan fingerprint density at radius 1 is 0.738 bits per heavy atom. The third-order valence-electron chi connectivity index (χ3n) is 7.01. The van der Waals surface area contributed by atoms with Crippen LogP contribution in [0.1, 0.15) is 15.6 Å². The van der Waals surface area contributed by atoms with Crippen LogP contribution >= 0.6 is 22.7 Å². The molecule has 0 bridgehead atoms. The number of hydrogen-bond acceptors (Lipinski definition) is 7. The van der Waals surface area contributed by atoms with Gasteiger partial charge in [-0.2, -0.15) is 5.10 Å². The Morgan fingerprint density at radius 2 is 1.36 bits per heavy atom. The van der Waals surface area contributed by atoms with Gasteiger partial charge in [-0.05, 0) is 54.6 Å². The van der Waals surface area contributed by atoms with E-state index in [0.717, 1.165) is 52.7 Å². The molecule has 0 saturated heterocycles. The lowest BCUT2D eigenvalue weighted by atomic mass is 10.1. The first-order valence-electron chi connectivity index (χ1n) is 13.3. The van der Waals surface area contributed by atoms with Crippen molar-refractivity contribution in [1.82, 2.24) is 19.7 Å². The molecular formula is C34H20N4O2S2. The van der Waals surface area contributed by atoms with Gasteiger partial charge in [-0.3, -0.25) is 0 Å². The number of rotatable bonds is 5. The van der Waals surface area contributed by atoms with Crippen LogP contribution in [0.25, 0.3) is 60.0 Å². The highest BCUT2D eigenvalue weighted by Crippen LogP contribution is 2.37. The van der Waals surface area contributed by atoms with E-state index in [1.165, 1.54) is 0 Å². The van der Waals surface area contributed by atoms with Crippen molar-refractivity contribution in [2.24, 2.45) is 0 Å². The fraction of sp³-hybridized carbons (Fsp3) is 0. The zero-order chi connectivity index (χ0) is 28.0. The first-order chi connectivity index (χ1) is 20.7. The molecule has 0 N–H and O–H groups in total. The number of thiazole rings is 2. The maximum absolute atomic E-state index is 13.3. The van der Waals surface area contributed by atoms with E-state index in [1.54, 1.807) is 33.4 Å². The number of fused-ring (bicyclic) bond motifs is 3. The van der Waals surface area contributed by atoms with Gasteiger partial charge >= 0.3 is 5.63 Å². The van der Waals surface area contributed by atoms with E-state index in [4.69, 9.17) is 19.5 Å². The van der Waals surface area contributed by atoms with Crippen LogP contribution < -0.4 is 5.63 Å². The molecule has 0 atom stereocenters. The van der Waals surface area contributed by atoms with Gasteiger partial charge < -0.3 is 4.42 Å². The lowest BCUT2D eigenvalue weighted by Gasteiger charge is -2.03. The second-order valence-corrected chi connectivity index (χ2v) is 11.8. The van der Waals surface area contributed by atoms with Crippen LogP contribution in [0, 0.1) is 0 Å². The van der Waals surface area contributed by atoms with E-state index in [1.807, 2.05) is 103 Å². The predicted molar refractivity (Wildman–Crippen MR) is 171 cm³/mol. The summed E-state index contributed by atoms with van der Waals surface area (Å²) in [6, 6.07) is 35.4. The molecule has 4 aromatic carbocycles. The molecule has 4 heterocycles. The maximum atomic E-state index is 13.3. The molecule has 0 aliphatic heterocycles. The number of aromatic nitrogens is 4. The lowest BCUT2D eigenvalue weighted by molar-refractivity contribution is 0.563. The van der Waals surface area contributed by atoms with Crippen LogP contribution in [-0.4, -0.2) is 19.7 Å². The van der Waals surface area contributed by atoms with Gasteiger partial charge in [0.1, 0.15) is 21.3 Å². The lowest BCUT2D eigenvalue weighted by Crippen LogP contribution is -2.04. The highest BCUT2D eigenvalue weighted by atomic mass is 32.1. The summed E-state index contributed by atoms with van der Waals surface area (Å²) in [5.74, 6) is 0. The molecule has 6 nitrogen and oxygen atoms in total. The Labute approximate surface area is 247 Å². The molecule has 42 heavy (non-hydrogen) atoms. The molecule has 8 rings (SSSR count). The Kier molecular flexibility index (Phi) is 5.87. The average molecular weight is 581 g/mol. The van der Waals surface area contributed by atoms with Gasteiger partial charge in [0.25, 0.3) is 0 Å². The summed E-state index contributed by atoms with van der Waals surface area (Å²) in [7, 11) is 0. The topological polar surface area (TPSA) is 73.8 Å². The quantitative estimate of drug-likeness (QED) is 0.191. The maximum Gasteiger partial charge on any atom is 0.345 e. The minimum Gasteiger partial charge on any atom is -0.422 e. The molecule has 0 aliphatic rings. The number of nitrogens with zero attached hydrogens (tertiary/aromatic N) is 4. The first kappa shape index (κ1) is 24.6. The Morgan fingerprint density at radius 3 is 2.05 bits per heavy atom. The van der Waals surface area contributed by atoms with Crippen molar-refractivity contribution in [2.45, 2.75) is 0 Å². The Balaban J connectivity index is 1.40. The van der Waals surface area contributed by atoms with Crippen LogP contribution in [-0.2, 0) is 0 Å². The van der Waals surface area contributed by atoms with Gasteiger partial charge in [0.15, 0.2) is 0 Å². The van der Waals surface area contributed by atoms with Crippen LogP contribution in [0.2, 0.25) is 0 Å². The number of para-hydroxylation sites is 4. The fourth-order valence-electron chi connectivity index (χ4n) is 4.99. The smallest absolute Gasteiger partial charge is 0.345 e. The van der Waals surface area contributed by atoms with E-state index >= 15 is 0 Å². The van der Waals surface area contributed by atoms with Crippen molar-refractivity contribution < 1.29 is 4.42 Å². The first-order valence-corrected chi connectivity index (χ1v) is 14.9. The highest BCUT2D eigenvalue weighted by molar-refractivity contribution is 7.22. The van der Waals surface area contributed by atoms with E-state index in [2.05, 4.69) is 12.1 Å². The van der Waals surface area contributed by atoms with E-state index in [-0.39, 0.29) is 0 Å². The summed E-state index contributed by atoms with van der Waals surface area (Å²) < 4.78 is 9.71. The fourth-order valence-corrected chi connectivity index (χ4v) is 7.02. The van der Waals surface area contributed by atoms with Gasteiger partial charge in [-0.25, -0.2) is 19.4 Å². The standard InChI is InChI=1S/C34H20N4O2S2/c39-34-24(18-21-10-4-7-15-28(21)40-34)31-22(20-38(37-31)23-11-2-1-3-12-23)19-25(32-35-26-13-5-8-16-29(26)41-32)33-36-27-14-6-9-17-30(27)42-33/h1-20H. The van der Waals surface area contributed by atoms with Crippen molar-refractivity contribution in [1.29, 1.82) is 0 Å². The normalized spacial score (nSPS) is 11.4. The molecule has 0 amide bonds. The van der Waals surface area contributed by atoms with Crippen LogP contribution in [0.5, 0.6) is 0 Å². The average Bonchev–Trinajstić information content (AvgIpc) is 3.76. The minimum absolute atomic E-state index is 0.391. The van der Waals surface area contributed by atoms with E-state index in [0.29, 0.717) is 16.8 Å². The second kappa shape index (κ2) is 10.0. The van der Waals surface area contributed by atoms with Gasteiger partial charge in [0.2, 0.25) is 0 Å². The Hall–Kier alpha value is -5.18. The van der Waals surface area contributed by atoms with Gasteiger partial charge in [-0.1, -0.05) is 60.7 Å². The summed E-state index contributed by atoms with van der Waals surface area (Å²) >= 11 is 3.24. The van der Waals surface area contributed by atoms with Crippen LogP contribution in [0.3, 0.4) is 0 Å². The molecule has 8 heteroatoms. The molecule has 200 valence electrons. The number of hydrogen-bond donors (Lipinski definition) is 0. The highest BCUT2D eigenvalue weighted by Gasteiger charge is 2.21. The third-order valence-corrected chi connectivity index (χ3v) is 9.15. The monoisotopic (exact) mass is 580 g/mol. The summed E-state index contributed by atoms with van der Waals surface area (Å²) in [5, 5.41) is 7.44. The largest absolute Gasteiger partial charge is 0.422 e. The third kappa shape index (κ3) is 4.34. The zero-order valence-corrected chi connectivity index (χ0v) is 23.6. The van der Waals surface area contributed by atoms with Crippen LogP contribution in [0.4, 0.5) is 0 Å². The summed E-state index contributed by atoms with van der Waals surface area (Å²) in [6.07, 6.45) is 3.99. The van der Waals surface area contributed by atoms with Gasteiger partial charge in [-0.15, -0.1) is 22.7 Å². The number of benzene rings is 4. The summed E-state index contributed by atoms with van der Waals surface area (Å²) in [6.45, 7) is 0. The molecule has 4 aromatic heterocycles. The molecule has 0 spiro atoms. The van der Waals surface area contributed by atoms with Gasteiger partial charge in [0.05, 0.1) is 31.7 Å². The molecule has 0 fully saturated rings. The molecule has 8 aromatic rings. The second-order valence-electron chi connectivity index (χ2n) is 9.73. The summed E-state index contributed by atoms with van der Waals surface area (Å²) in [4.78, 5) is 23.3. The van der Waals surface area contributed by atoms with Crippen molar-refractivity contribution in [3.63, 3.8) is 0 Å². The van der Waals surface area contributed by atoms with Gasteiger partial charge in [0, 0.05) is 22.7 Å². The molecule has 0 radical (unpaired) electrons. The van der Waals surface area contributed by atoms with Crippen LogP contribution in [0.15, 0.2) is 125 Å². The summed E-state index contributed by atoms with van der Waals surface area (Å²) in [5.41, 5.74) is 5.38. The Bertz CT molecular complexity index is 2200. The predicted octanol–water partition coefficient (Wildman–Crippen LogP) is 8.45. The molecule has 0 saturated carbocycles. The molecular weight excluding hydrogens is 561 g/mol. The minimum atomic E-state index is -0.441.